The highest BCUT2D eigenvalue weighted by molar-refractivity contribution is 5.19. The van der Waals surface area contributed by atoms with Gasteiger partial charge in [-0.2, -0.15) is 4.91 Å². The Bertz CT molecular complexity index is 267. The first-order chi connectivity index (χ1) is 6.92. The smallest absolute Gasteiger partial charge is 0.0879 e. The Labute approximate surface area is 85.1 Å². The molecule has 0 amide bonds. The van der Waals surface area contributed by atoms with Crippen molar-refractivity contribution < 1.29 is 0 Å². The molecule has 0 aromatic rings. The molecule has 2 aliphatic rings. The fourth-order valence-electron chi connectivity index (χ4n) is 2.65. The van der Waals surface area contributed by atoms with Crippen molar-refractivity contribution >= 4 is 0 Å². The second-order valence-electron chi connectivity index (χ2n) is 4.28. The number of fused-ring (bicyclic) bond motifs is 1. The Hall–Kier alpha value is -0.920. The predicted octanol–water partition coefficient (Wildman–Crippen LogP) is 3.45. The van der Waals surface area contributed by atoms with Gasteiger partial charge in [0.15, 0.2) is 0 Å². The molecule has 2 nitrogen and oxygen atoms in total. The van der Waals surface area contributed by atoms with Crippen LogP contribution in [0, 0.1) is 16.7 Å². The quantitative estimate of drug-likeness (QED) is 0.485. The highest BCUT2D eigenvalue weighted by Gasteiger charge is 2.25. The van der Waals surface area contributed by atoms with Gasteiger partial charge in [0.05, 0.1) is 6.54 Å². The summed E-state index contributed by atoms with van der Waals surface area (Å²) in [6, 6.07) is 0. The molecule has 2 atom stereocenters. The first-order valence-corrected chi connectivity index (χ1v) is 5.56. The fourth-order valence-corrected chi connectivity index (χ4v) is 2.65. The third-order valence-electron chi connectivity index (χ3n) is 3.38. The zero-order valence-electron chi connectivity index (χ0n) is 8.48. The summed E-state index contributed by atoms with van der Waals surface area (Å²) < 4.78 is 0. The minimum Gasteiger partial charge on any atom is -0.151 e. The summed E-state index contributed by atoms with van der Waals surface area (Å²) in [5.74, 6) is 1.10. The van der Waals surface area contributed by atoms with Crippen LogP contribution in [0.4, 0.5) is 0 Å². The molecule has 0 N–H and O–H groups in total. The van der Waals surface area contributed by atoms with Crippen molar-refractivity contribution in [2.45, 2.75) is 32.1 Å². The maximum Gasteiger partial charge on any atom is 0.0879 e. The topological polar surface area (TPSA) is 29.4 Å². The molecule has 0 aliphatic heterocycles. The summed E-state index contributed by atoms with van der Waals surface area (Å²) in [5.41, 5.74) is 1.51. The largest absolute Gasteiger partial charge is 0.151 e. The molecule has 14 heavy (non-hydrogen) atoms. The summed E-state index contributed by atoms with van der Waals surface area (Å²) in [6.45, 7) is 0.465. The van der Waals surface area contributed by atoms with E-state index in [9.17, 15) is 4.91 Å². The lowest BCUT2D eigenvalue weighted by atomic mass is 9.79. The lowest BCUT2D eigenvalue weighted by Crippen LogP contribution is -2.16. The predicted molar refractivity (Wildman–Crippen MR) is 58.0 cm³/mol. The summed E-state index contributed by atoms with van der Waals surface area (Å²) in [4.78, 5) is 10.4. The summed E-state index contributed by atoms with van der Waals surface area (Å²) in [7, 11) is 0. The van der Waals surface area contributed by atoms with Crippen LogP contribution in [0.1, 0.15) is 32.1 Å². The Kier molecular flexibility index (Phi) is 3.12. The van der Waals surface area contributed by atoms with E-state index in [0.717, 1.165) is 6.42 Å². The van der Waals surface area contributed by atoms with E-state index in [2.05, 4.69) is 23.4 Å². The van der Waals surface area contributed by atoms with E-state index in [0.29, 0.717) is 18.4 Å². The second-order valence-corrected chi connectivity index (χ2v) is 4.28. The van der Waals surface area contributed by atoms with Gasteiger partial charge in [0, 0.05) is 5.92 Å². The van der Waals surface area contributed by atoms with Crippen molar-refractivity contribution in [1.29, 1.82) is 0 Å². The molecule has 0 radical (unpaired) electrons. The van der Waals surface area contributed by atoms with E-state index in [4.69, 9.17) is 0 Å². The van der Waals surface area contributed by atoms with E-state index in [1.54, 1.807) is 0 Å². The van der Waals surface area contributed by atoms with Crippen molar-refractivity contribution in [3.05, 3.63) is 28.7 Å². The average molecular weight is 191 g/mol. The maximum absolute atomic E-state index is 10.4. The van der Waals surface area contributed by atoms with Gasteiger partial charge in [-0.1, -0.05) is 29.0 Å². The minimum atomic E-state index is 0.400. The number of hydrogen-bond acceptors (Lipinski definition) is 2. The summed E-state index contributed by atoms with van der Waals surface area (Å²) in [5, 5.41) is 3.07. The molecular weight excluding hydrogens is 174 g/mol. The van der Waals surface area contributed by atoms with E-state index in [-0.39, 0.29) is 0 Å². The maximum atomic E-state index is 10.4. The summed E-state index contributed by atoms with van der Waals surface area (Å²) in [6.07, 6.45) is 12.8. The molecule has 2 aliphatic carbocycles. The first kappa shape index (κ1) is 9.63. The van der Waals surface area contributed by atoms with Gasteiger partial charge < -0.3 is 0 Å². The lowest BCUT2D eigenvalue weighted by molar-refractivity contribution is 0.455. The van der Waals surface area contributed by atoms with Crippen LogP contribution in [0.5, 0.6) is 0 Å². The Morgan fingerprint density at radius 2 is 2.21 bits per heavy atom. The zero-order chi connectivity index (χ0) is 9.80. The molecular formula is C12H17NO. The number of nitroso groups, excluding NO2 is 1. The molecule has 76 valence electrons. The lowest BCUT2D eigenvalue weighted by Gasteiger charge is -2.26. The molecule has 0 aromatic heterocycles. The molecule has 0 spiro atoms. The van der Waals surface area contributed by atoms with Crippen molar-refractivity contribution in [3.63, 3.8) is 0 Å². The Morgan fingerprint density at radius 3 is 3.07 bits per heavy atom. The molecule has 0 saturated carbocycles. The average Bonchev–Trinajstić information content (AvgIpc) is 2.42. The van der Waals surface area contributed by atoms with Crippen LogP contribution in [0.3, 0.4) is 0 Å². The van der Waals surface area contributed by atoms with Gasteiger partial charge in [-0.3, -0.25) is 0 Å². The molecule has 2 rings (SSSR count). The highest BCUT2D eigenvalue weighted by atomic mass is 16.3. The zero-order valence-corrected chi connectivity index (χ0v) is 8.48. The van der Waals surface area contributed by atoms with Crippen LogP contribution in [-0.2, 0) is 0 Å². The molecule has 0 saturated heterocycles. The van der Waals surface area contributed by atoms with Gasteiger partial charge >= 0.3 is 0 Å². The molecule has 0 bridgehead atoms. The van der Waals surface area contributed by atoms with Crippen molar-refractivity contribution in [2.75, 3.05) is 6.54 Å². The molecule has 1 unspecified atom stereocenters. The Balaban J connectivity index is 2.17. The van der Waals surface area contributed by atoms with Crippen LogP contribution in [0.2, 0.25) is 0 Å². The second kappa shape index (κ2) is 4.54. The van der Waals surface area contributed by atoms with Gasteiger partial charge in [0.1, 0.15) is 0 Å². The van der Waals surface area contributed by atoms with Crippen molar-refractivity contribution in [1.82, 2.24) is 0 Å². The van der Waals surface area contributed by atoms with Gasteiger partial charge in [-0.25, -0.2) is 0 Å². The third kappa shape index (κ3) is 1.94. The molecule has 2 heteroatoms. The summed E-state index contributed by atoms with van der Waals surface area (Å²) >= 11 is 0. The fraction of sp³-hybridized carbons (Fsp3) is 0.667. The molecule has 0 aromatic carbocycles. The van der Waals surface area contributed by atoms with E-state index < -0.39 is 0 Å². The number of hydrogen-bond donors (Lipinski definition) is 0. The molecule has 0 heterocycles. The Morgan fingerprint density at radius 1 is 1.36 bits per heavy atom. The highest BCUT2D eigenvalue weighted by Crippen LogP contribution is 2.36. The first-order valence-electron chi connectivity index (χ1n) is 5.56. The van der Waals surface area contributed by atoms with Crippen LogP contribution in [0.25, 0.3) is 0 Å². The van der Waals surface area contributed by atoms with Crippen LogP contribution >= 0.6 is 0 Å². The number of rotatable bonds is 2. The minimum absolute atomic E-state index is 0.400. The SMILES string of the molecule is O=NC[C@H]1CC=CCC2CCCC=C21. The molecule has 0 fully saturated rings. The normalized spacial score (nSPS) is 31.6. The van der Waals surface area contributed by atoms with E-state index in [1.807, 2.05) is 0 Å². The monoisotopic (exact) mass is 191 g/mol. The van der Waals surface area contributed by atoms with Crippen molar-refractivity contribution in [2.24, 2.45) is 17.0 Å². The number of allylic oxidation sites excluding steroid dienone is 3. The number of nitrogens with zero attached hydrogens (tertiary/aromatic N) is 1. The van der Waals surface area contributed by atoms with E-state index in [1.165, 1.54) is 31.3 Å². The standard InChI is InChI=1S/C12H17NO/c14-13-9-11-7-2-1-5-10-6-3-4-8-12(10)11/h1-2,8,10-11H,3-7,9H2/t10?,11-/m1/s1. The van der Waals surface area contributed by atoms with E-state index >= 15 is 0 Å². The van der Waals surface area contributed by atoms with Crippen molar-refractivity contribution in [3.8, 4) is 0 Å². The van der Waals surface area contributed by atoms with Crippen LogP contribution in [0.15, 0.2) is 29.0 Å². The third-order valence-corrected chi connectivity index (χ3v) is 3.38. The van der Waals surface area contributed by atoms with Gasteiger partial charge in [0.25, 0.3) is 0 Å². The van der Waals surface area contributed by atoms with Gasteiger partial charge in [0.2, 0.25) is 0 Å². The van der Waals surface area contributed by atoms with Crippen LogP contribution < -0.4 is 0 Å². The van der Waals surface area contributed by atoms with Gasteiger partial charge in [-0.05, 0) is 38.0 Å². The van der Waals surface area contributed by atoms with Gasteiger partial charge in [-0.15, -0.1) is 0 Å². The van der Waals surface area contributed by atoms with Crippen LogP contribution in [-0.4, -0.2) is 6.54 Å².